The summed E-state index contributed by atoms with van der Waals surface area (Å²) in [7, 11) is 2.18. The van der Waals surface area contributed by atoms with E-state index in [1.54, 1.807) is 0 Å². The molecular weight excluding hydrogens is 372 g/mol. The monoisotopic (exact) mass is 410 g/mol. The second-order valence-corrected chi connectivity index (χ2v) is 8.48. The topological polar surface area (TPSA) is 65.6 Å². The van der Waals surface area contributed by atoms with Crippen LogP contribution in [-0.2, 0) is 19.1 Å². The van der Waals surface area contributed by atoms with Crippen molar-refractivity contribution < 1.29 is 19.1 Å². The molecule has 0 aromatic heterocycles. The quantitative estimate of drug-likeness (QED) is 0.420. The summed E-state index contributed by atoms with van der Waals surface area (Å²) < 4.78 is 10.6. The number of carbonyl (C=O) groups is 2. The smallest absolute Gasteiger partial charge is 0.306 e. The van der Waals surface area contributed by atoms with E-state index in [4.69, 9.17) is 9.47 Å². The van der Waals surface area contributed by atoms with Gasteiger partial charge in [-0.2, -0.15) is 0 Å². The van der Waals surface area contributed by atoms with Crippen molar-refractivity contribution in [2.75, 3.05) is 85.8 Å². The van der Waals surface area contributed by atoms with Gasteiger partial charge in [0.05, 0.1) is 26.2 Å². The second kappa shape index (κ2) is 11.8. The van der Waals surface area contributed by atoms with E-state index in [2.05, 4.69) is 21.7 Å². The number of rotatable bonds is 8. The molecule has 0 atom stereocenters. The number of morpholine rings is 1. The van der Waals surface area contributed by atoms with Gasteiger partial charge in [0, 0.05) is 58.3 Å². The van der Waals surface area contributed by atoms with Crippen LogP contribution in [0.4, 0.5) is 0 Å². The largest absolute Gasteiger partial charge is 0.466 e. The van der Waals surface area contributed by atoms with Gasteiger partial charge < -0.3 is 19.3 Å². The Morgan fingerprint density at radius 1 is 0.931 bits per heavy atom. The summed E-state index contributed by atoms with van der Waals surface area (Å²) in [5.41, 5.74) is 0. The minimum absolute atomic E-state index is 0.0818. The second-order valence-electron chi connectivity index (χ2n) is 8.48. The number of carbonyl (C=O) groups excluding carboxylic acids is 2. The zero-order chi connectivity index (χ0) is 20.5. The first-order valence-electron chi connectivity index (χ1n) is 11.3. The molecule has 29 heavy (non-hydrogen) atoms. The highest BCUT2D eigenvalue weighted by atomic mass is 16.5. The first-order chi connectivity index (χ1) is 14.1. The third-order valence-corrected chi connectivity index (χ3v) is 6.40. The van der Waals surface area contributed by atoms with E-state index < -0.39 is 0 Å². The number of piperazine rings is 1. The number of hydrogen-bond donors (Lipinski definition) is 0. The molecule has 0 aromatic carbocycles. The van der Waals surface area contributed by atoms with Gasteiger partial charge in [0.25, 0.3) is 0 Å². The molecule has 3 aliphatic rings. The Hall–Kier alpha value is -1.22. The lowest BCUT2D eigenvalue weighted by molar-refractivity contribution is -0.146. The number of nitrogens with zero attached hydrogens (tertiary/aromatic N) is 4. The Morgan fingerprint density at radius 2 is 1.62 bits per heavy atom. The van der Waals surface area contributed by atoms with Crippen LogP contribution < -0.4 is 0 Å². The molecule has 0 aromatic rings. The van der Waals surface area contributed by atoms with Crippen molar-refractivity contribution in [3.05, 3.63) is 0 Å². The van der Waals surface area contributed by atoms with E-state index in [1.165, 1.54) is 25.9 Å². The third kappa shape index (κ3) is 7.51. The molecule has 0 radical (unpaired) electrons. The van der Waals surface area contributed by atoms with Crippen molar-refractivity contribution in [2.24, 2.45) is 0 Å². The van der Waals surface area contributed by atoms with Crippen molar-refractivity contribution >= 4 is 11.9 Å². The summed E-state index contributed by atoms with van der Waals surface area (Å²) >= 11 is 0. The lowest BCUT2D eigenvalue weighted by atomic mass is 10.0. The highest BCUT2D eigenvalue weighted by Gasteiger charge is 2.28. The molecular formula is C21H38N4O4. The number of hydrogen-bond acceptors (Lipinski definition) is 7. The molecule has 0 N–H and O–H groups in total. The highest BCUT2D eigenvalue weighted by Crippen LogP contribution is 2.18. The van der Waals surface area contributed by atoms with Gasteiger partial charge in [0.2, 0.25) is 5.91 Å². The van der Waals surface area contributed by atoms with Crippen LogP contribution in [-0.4, -0.2) is 123 Å². The van der Waals surface area contributed by atoms with Crippen LogP contribution in [0.15, 0.2) is 0 Å². The number of ether oxygens (including phenoxy) is 2. The van der Waals surface area contributed by atoms with Gasteiger partial charge in [-0.05, 0) is 39.4 Å². The van der Waals surface area contributed by atoms with E-state index in [9.17, 15) is 9.59 Å². The first kappa shape index (κ1) is 22.5. The normalized spacial score (nSPS) is 23.3. The van der Waals surface area contributed by atoms with Crippen molar-refractivity contribution in [3.8, 4) is 0 Å². The van der Waals surface area contributed by atoms with Gasteiger partial charge in [0.15, 0.2) is 0 Å². The Bertz CT molecular complexity index is 511. The van der Waals surface area contributed by atoms with Gasteiger partial charge in [-0.15, -0.1) is 0 Å². The zero-order valence-corrected chi connectivity index (χ0v) is 18.0. The zero-order valence-electron chi connectivity index (χ0n) is 18.0. The van der Waals surface area contributed by atoms with E-state index in [0.29, 0.717) is 12.6 Å². The highest BCUT2D eigenvalue weighted by molar-refractivity contribution is 5.81. The van der Waals surface area contributed by atoms with Crippen LogP contribution >= 0.6 is 0 Å². The molecule has 0 bridgehead atoms. The number of esters is 1. The van der Waals surface area contributed by atoms with E-state index >= 15 is 0 Å². The van der Waals surface area contributed by atoms with Crippen molar-refractivity contribution in [1.82, 2.24) is 19.6 Å². The average Bonchev–Trinajstić information content (AvgIpc) is 2.76. The minimum Gasteiger partial charge on any atom is -0.466 e. The predicted molar refractivity (Wildman–Crippen MR) is 111 cm³/mol. The number of piperidine rings is 1. The molecule has 0 spiro atoms. The van der Waals surface area contributed by atoms with Crippen LogP contribution in [0.25, 0.3) is 0 Å². The summed E-state index contributed by atoms with van der Waals surface area (Å²) in [5.74, 6) is -0.177. The van der Waals surface area contributed by atoms with Crippen LogP contribution in [0.2, 0.25) is 0 Å². The maximum atomic E-state index is 12.4. The molecule has 0 unspecified atom stereocenters. The molecule has 8 nitrogen and oxygen atoms in total. The molecule has 3 saturated heterocycles. The van der Waals surface area contributed by atoms with Gasteiger partial charge in [-0.25, -0.2) is 0 Å². The van der Waals surface area contributed by atoms with E-state index in [-0.39, 0.29) is 24.7 Å². The molecule has 8 heteroatoms. The number of amides is 1. The summed E-state index contributed by atoms with van der Waals surface area (Å²) in [4.78, 5) is 33.5. The average molecular weight is 411 g/mol. The molecule has 0 saturated carbocycles. The third-order valence-electron chi connectivity index (χ3n) is 6.40. The lowest BCUT2D eigenvalue weighted by Gasteiger charge is -2.42. The Kier molecular flexibility index (Phi) is 9.17. The number of likely N-dealkylation sites (tertiary alicyclic amines) is 1. The van der Waals surface area contributed by atoms with Crippen LogP contribution in [0.5, 0.6) is 0 Å². The molecule has 0 aliphatic carbocycles. The Labute approximate surface area is 175 Å². The standard InChI is InChI=1S/C21H38N4O4/c1-22-8-5-19(6-9-22)24-10-12-25(13-11-24)20(26)3-4-21(27)29-16-2-7-23-14-17-28-18-15-23/h19H,2-18H2,1H3. The first-order valence-corrected chi connectivity index (χ1v) is 11.3. The van der Waals surface area contributed by atoms with Gasteiger partial charge in [-0.3, -0.25) is 19.4 Å². The molecule has 3 heterocycles. The van der Waals surface area contributed by atoms with Crippen molar-refractivity contribution in [2.45, 2.75) is 38.1 Å². The van der Waals surface area contributed by atoms with E-state index in [0.717, 1.165) is 65.4 Å². The van der Waals surface area contributed by atoms with Crippen molar-refractivity contribution in [1.29, 1.82) is 0 Å². The fourth-order valence-electron chi connectivity index (χ4n) is 4.43. The Balaban J connectivity index is 1.23. The molecule has 3 fully saturated rings. The predicted octanol–water partition coefficient (Wildman–Crippen LogP) is 0.271. The Morgan fingerprint density at radius 3 is 2.31 bits per heavy atom. The summed E-state index contributed by atoms with van der Waals surface area (Å²) in [6.45, 7) is 10.6. The molecule has 1 amide bonds. The van der Waals surface area contributed by atoms with Crippen LogP contribution in [0.1, 0.15) is 32.1 Å². The fourth-order valence-corrected chi connectivity index (χ4v) is 4.43. The molecule has 3 rings (SSSR count). The fraction of sp³-hybridized carbons (Fsp3) is 0.905. The molecule has 3 aliphatic heterocycles. The maximum absolute atomic E-state index is 12.4. The van der Waals surface area contributed by atoms with Crippen LogP contribution in [0, 0.1) is 0 Å². The maximum Gasteiger partial charge on any atom is 0.306 e. The van der Waals surface area contributed by atoms with E-state index in [1.807, 2.05) is 4.90 Å². The lowest BCUT2D eigenvalue weighted by Crippen LogP contribution is -2.54. The van der Waals surface area contributed by atoms with Gasteiger partial charge in [-0.1, -0.05) is 0 Å². The van der Waals surface area contributed by atoms with Gasteiger partial charge >= 0.3 is 5.97 Å². The summed E-state index contributed by atoms with van der Waals surface area (Å²) in [6.07, 6.45) is 3.73. The van der Waals surface area contributed by atoms with Crippen LogP contribution in [0.3, 0.4) is 0 Å². The minimum atomic E-state index is -0.259. The molecule has 166 valence electrons. The summed E-state index contributed by atoms with van der Waals surface area (Å²) in [6, 6.07) is 0.663. The summed E-state index contributed by atoms with van der Waals surface area (Å²) in [5, 5.41) is 0. The van der Waals surface area contributed by atoms with Crippen molar-refractivity contribution in [3.63, 3.8) is 0 Å². The van der Waals surface area contributed by atoms with Gasteiger partial charge in [0.1, 0.15) is 0 Å². The SMILES string of the molecule is CN1CCC(N2CCN(C(=O)CCC(=O)OCCCN3CCOCC3)CC2)CC1.